The first-order valence-corrected chi connectivity index (χ1v) is 8.78. The molecule has 136 valence electrons. The molecule has 1 heterocycles. The average molecular weight is 391 g/mol. The number of nitrogens with one attached hydrogen (secondary N) is 2. The van der Waals surface area contributed by atoms with E-state index in [-0.39, 0.29) is 0 Å². The molecule has 8 heteroatoms. The lowest BCUT2D eigenvalue weighted by atomic mass is 10.2. The molecule has 26 heavy (non-hydrogen) atoms. The number of H-pyrrole nitrogens is 1. The summed E-state index contributed by atoms with van der Waals surface area (Å²) >= 11 is 11.1. The number of aryl methyl sites for hydroxylation is 1. The van der Waals surface area contributed by atoms with E-state index in [0.29, 0.717) is 34.4 Å². The van der Waals surface area contributed by atoms with Gasteiger partial charge >= 0.3 is 0 Å². The molecule has 0 amide bonds. The second-order valence-corrected chi connectivity index (χ2v) is 6.43. The number of methoxy groups -OCH3 is 1. The molecular weight excluding hydrogens is 372 g/mol. The van der Waals surface area contributed by atoms with Crippen LogP contribution in [0.25, 0.3) is 0 Å². The average Bonchev–Trinajstić information content (AvgIpc) is 2.97. The monoisotopic (exact) mass is 390 g/mol. The number of aromatic amines is 1. The van der Waals surface area contributed by atoms with Gasteiger partial charge in [-0.15, -0.1) is 0 Å². The fraction of sp³-hybridized carbons (Fsp3) is 0.222. The number of aromatic nitrogens is 3. The van der Waals surface area contributed by atoms with Gasteiger partial charge in [0.25, 0.3) is 0 Å². The zero-order valence-corrected chi connectivity index (χ0v) is 16.0. The van der Waals surface area contributed by atoms with E-state index in [0.717, 1.165) is 17.0 Å². The van der Waals surface area contributed by atoms with Crippen LogP contribution < -0.4 is 14.9 Å². The highest BCUT2D eigenvalue weighted by molar-refractivity contribution is 7.71. The molecule has 0 bridgehead atoms. The maximum Gasteiger partial charge on any atom is 0.214 e. The van der Waals surface area contributed by atoms with Gasteiger partial charge in [0.2, 0.25) is 4.77 Å². The molecule has 0 fully saturated rings. The number of rotatable bonds is 7. The molecule has 0 atom stereocenters. The Kier molecular flexibility index (Phi) is 5.80. The minimum atomic E-state index is 0.411. The fourth-order valence-electron chi connectivity index (χ4n) is 2.49. The molecule has 0 aliphatic rings. The summed E-state index contributed by atoms with van der Waals surface area (Å²) < 4.78 is 13.7. The predicted molar refractivity (Wildman–Crippen MR) is 104 cm³/mol. The molecule has 3 aromatic rings. The van der Waals surface area contributed by atoms with Gasteiger partial charge in [-0.05, 0) is 42.9 Å². The molecule has 1 aromatic heterocycles. The summed E-state index contributed by atoms with van der Waals surface area (Å²) in [4.78, 5) is 0. The first-order chi connectivity index (χ1) is 12.6. The van der Waals surface area contributed by atoms with Gasteiger partial charge < -0.3 is 14.9 Å². The number of hydrogen-bond acceptors (Lipinski definition) is 5. The van der Waals surface area contributed by atoms with Crippen LogP contribution in [0, 0.1) is 11.7 Å². The topological polar surface area (TPSA) is 64.1 Å². The largest absolute Gasteiger partial charge is 0.493 e. The van der Waals surface area contributed by atoms with Crippen molar-refractivity contribution in [1.29, 1.82) is 0 Å². The number of benzene rings is 2. The third kappa shape index (κ3) is 4.17. The van der Waals surface area contributed by atoms with E-state index in [4.69, 9.17) is 33.3 Å². The van der Waals surface area contributed by atoms with Crippen LogP contribution in [0.4, 0.5) is 0 Å². The molecule has 6 nitrogen and oxygen atoms in total. The standard InChI is InChI=1S/C18H19ClN4O2S/c1-12-21-22-18(26)23(12)20-10-14-4-3-5-16(24-2)17(14)25-11-13-6-8-15(19)9-7-13/h3-9,20H,10-11H2,1-2H3,(H,22,26). The second kappa shape index (κ2) is 8.25. The number of ether oxygens (including phenoxy) is 2. The van der Waals surface area contributed by atoms with Crippen molar-refractivity contribution < 1.29 is 9.47 Å². The van der Waals surface area contributed by atoms with Crippen LogP contribution in [0.15, 0.2) is 42.5 Å². The summed E-state index contributed by atoms with van der Waals surface area (Å²) in [5, 5.41) is 7.53. The normalized spacial score (nSPS) is 10.6. The van der Waals surface area contributed by atoms with Crippen molar-refractivity contribution in [3.05, 3.63) is 69.2 Å². The second-order valence-electron chi connectivity index (χ2n) is 5.61. The number of hydrogen-bond donors (Lipinski definition) is 2. The first-order valence-electron chi connectivity index (χ1n) is 7.99. The van der Waals surface area contributed by atoms with E-state index < -0.39 is 0 Å². The molecule has 0 saturated carbocycles. The lowest BCUT2D eigenvalue weighted by Gasteiger charge is -2.16. The Labute approximate surface area is 161 Å². The van der Waals surface area contributed by atoms with E-state index in [2.05, 4.69) is 15.6 Å². The highest BCUT2D eigenvalue weighted by Crippen LogP contribution is 2.32. The van der Waals surface area contributed by atoms with Crippen LogP contribution in [0.2, 0.25) is 5.02 Å². The third-order valence-corrected chi connectivity index (χ3v) is 4.37. The van der Waals surface area contributed by atoms with Crippen LogP contribution >= 0.6 is 23.8 Å². The Bertz CT molecular complexity index is 937. The molecule has 0 radical (unpaired) electrons. The lowest BCUT2D eigenvalue weighted by molar-refractivity contribution is 0.281. The number of halogens is 1. The summed E-state index contributed by atoms with van der Waals surface area (Å²) in [6, 6.07) is 13.3. The fourth-order valence-corrected chi connectivity index (χ4v) is 2.86. The van der Waals surface area contributed by atoms with Crippen LogP contribution in [0.5, 0.6) is 11.5 Å². The minimum absolute atomic E-state index is 0.411. The minimum Gasteiger partial charge on any atom is -0.493 e. The molecular formula is C18H19ClN4O2S. The molecule has 0 aliphatic carbocycles. The van der Waals surface area contributed by atoms with E-state index in [9.17, 15) is 0 Å². The van der Waals surface area contributed by atoms with Crippen molar-refractivity contribution in [2.24, 2.45) is 0 Å². The van der Waals surface area contributed by atoms with Gasteiger partial charge in [0.1, 0.15) is 12.4 Å². The Morgan fingerprint density at radius 3 is 2.65 bits per heavy atom. The molecule has 2 N–H and O–H groups in total. The van der Waals surface area contributed by atoms with Gasteiger partial charge in [-0.25, -0.2) is 4.68 Å². The number of nitrogens with zero attached hydrogens (tertiary/aromatic N) is 2. The van der Waals surface area contributed by atoms with Gasteiger partial charge in [0, 0.05) is 10.6 Å². The highest BCUT2D eigenvalue weighted by atomic mass is 35.5. The van der Waals surface area contributed by atoms with Crippen molar-refractivity contribution in [3.63, 3.8) is 0 Å². The van der Waals surface area contributed by atoms with Crippen molar-refractivity contribution in [2.75, 3.05) is 12.5 Å². The van der Waals surface area contributed by atoms with Crippen LogP contribution in [-0.2, 0) is 13.2 Å². The van der Waals surface area contributed by atoms with E-state index >= 15 is 0 Å². The molecule has 0 unspecified atom stereocenters. The smallest absolute Gasteiger partial charge is 0.214 e. The summed E-state index contributed by atoms with van der Waals surface area (Å²) in [6.45, 7) is 2.78. The van der Waals surface area contributed by atoms with Crippen molar-refractivity contribution in [1.82, 2.24) is 14.9 Å². The molecule has 3 rings (SSSR count). The van der Waals surface area contributed by atoms with Crippen molar-refractivity contribution in [2.45, 2.75) is 20.1 Å². The zero-order chi connectivity index (χ0) is 18.5. The summed E-state index contributed by atoms with van der Waals surface area (Å²) in [5.74, 6) is 2.11. The van der Waals surface area contributed by atoms with Crippen molar-refractivity contribution in [3.8, 4) is 11.5 Å². The predicted octanol–water partition coefficient (Wildman–Crippen LogP) is 4.23. The van der Waals surface area contributed by atoms with Gasteiger partial charge in [-0.2, -0.15) is 5.10 Å². The maximum absolute atomic E-state index is 6.05. The van der Waals surface area contributed by atoms with Gasteiger partial charge in [-0.1, -0.05) is 35.9 Å². The Hall–Kier alpha value is -2.51. The van der Waals surface area contributed by atoms with E-state index in [1.54, 1.807) is 11.8 Å². The van der Waals surface area contributed by atoms with Crippen molar-refractivity contribution >= 4 is 23.8 Å². The Morgan fingerprint density at radius 1 is 1.23 bits per heavy atom. The van der Waals surface area contributed by atoms with Crippen LogP contribution in [0.1, 0.15) is 17.0 Å². The number of para-hydroxylation sites is 1. The highest BCUT2D eigenvalue weighted by Gasteiger charge is 2.12. The zero-order valence-electron chi connectivity index (χ0n) is 14.5. The Balaban J connectivity index is 1.79. The molecule has 2 aromatic carbocycles. The summed E-state index contributed by atoms with van der Waals surface area (Å²) in [6.07, 6.45) is 0. The first kappa shape index (κ1) is 18.3. The van der Waals surface area contributed by atoms with Gasteiger partial charge in [-0.3, -0.25) is 5.10 Å². The maximum atomic E-state index is 6.05. The molecule has 0 aliphatic heterocycles. The van der Waals surface area contributed by atoms with E-state index in [1.807, 2.05) is 49.4 Å². The Morgan fingerprint density at radius 2 is 2.00 bits per heavy atom. The third-order valence-electron chi connectivity index (χ3n) is 3.84. The van der Waals surface area contributed by atoms with Gasteiger partial charge in [0.15, 0.2) is 11.5 Å². The molecule has 0 spiro atoms. The summed E-state index contributed by atoms with van der Waals surface area (Å²) in [7, 11) is 1.62. The van der Waals surface area contributed by atoms with Crippen LogP contribution in [0.3, 0.4) is 0 Å². The lowest BCUT2D eigenvalue weighted by Crippen LogP contribution is -2.16. The van der Waals surface area contributed by atoms with E-state index in [1.165, 1.54) is 0 Å². The molecule has 0 saturated heterocycles. The van der Waals surface area contributed by atoms with Crippen LogP contribution in [-0.4, -0.2) is 22.0 Å². The quantitative estimate of drug-likeness (QED) is 0.591. The SMILES string of the molecule is COc1cccc(CNn2c(C)n[nH]c2=S)c1OCc1ccc(Cl)cc1. The van der Waals surface area contributed by atoms with Gasteiger partial charge in [0.05, 0.1) is 13.7 Å². The summed E-state index contributed by atoms with van der Waals surface area (Å²) in [5.41, 5.74) is 5.21.